The van der Waals surface area contributed by atoms with Gasteiger partial charge >= 0.3 is 0 Å². The van der Waals surface area contributed by atoms with Crippen LogP contribution in [0.4, 0.5) is 5.82 Å². The fourth-order valence-electron chi connectivity index (χ4n) is 1.58. The average Bonchev–Trinajstić information content (AvgIpc) is 2.51. The van der Waals surface area contributed by atoms with Crippen LogP contribution in [0.3, 0.4) is 0 Å². The first-order chi connectivity index (χ1) is 10.2. The molecule has 0 aliphatic rings. The zero-order chi connectivity index (χ0) is 15.5. The van der Waals surface area contributed by atoms with E-state index in [9.17, 15) is 9.59 Å². The highest BCUT2D eigenvalue weighted by Crippen LogP contribution is 2.10. The first-order valence-electron chi connectivity index (χ1n) is 6.91. The van der Waals surface area contributed by atoms with Crippen molar-refractivity contribution in [2.45, 2.75) is 13.3 Å². The van der Waals surface area contributed by atoms with Crippen molar-refractivity contribution in [2.24, 2.45) is 0 Å². The molecule has 1 aromatic rings. The lowest BCUT2D eigenvalue weighted by Gasteiger charge is -2.10. The number of hydrogen-bond donors (Lipinski definition) is 3. The van der Waals surface area contributed by atoms with E-state index < -0.39 is 0 Å². The maximum Gasteiger partial charge on any atom is 0.255 e. The van der Waals surface area contributed by atoms with Gasteiger partial charge in [-0.25, -0.2) is 4.98 Å². The number of aromatic nitrogens is 1. The Kier molecular flexibility index (Phi) is 7.81. The van der Waals surface area contributed by atoms with Crippen molar-refractivity contribution in [3.63, 3.8) is 0 Å². The summed E-state index contributed by atoms with van der Waals surface area (Å²) < 4.78 is 4.82. The average molecular weight is 294 g/mol. The van der Waals surface area contributed by atoms with Gasteiger partial charge in [0.2, 0.25) is 5.91 Å². The minimum atomic E-state index is -0.330. The first kappa shape index (κ1) is 16.9. The molecule has 116 valence electrons. The maximum absolute atomic E-state index is 12.1. The number of hydrogen-bond acceptors (Lipinski definition) is 5. The number of carbonyl (C=O) groups is 2. The van der Waals surface area contributed by atoms with Crippen LogP contribution in [0, 0.1) is 0 Å². The summed E-state index contributed by atoms with van der Waals surface area (Å²) in [6.45, 7) is 3.54. The Labute approximate surface area is 124 Å². The fourth-order valence-corrected chi connectivity index (χ4v) is 1.58. The molecule has 2 amide bonds. The molecule has 0 saturated carbocycles. The lowest BCUT2D eigenvalue weighted by atomic mass is 10.2. The minimum Gasteiger partial charge on any atom is -0.383 e. The molecule has 21 heavy (non-hydrogen) atoms. The van der Waals surface area contributed by atoms with Gasteiger partial charge in [0.05, 0.1) is 18.7 Å². The second-order valence-corrected chi connectivity index (χ2v) is 4.35. The Bertz CT molecular complexity index is 465. The van der Waals surface area contributed by atoms with Gasteiger partial charge in [-0.3, -0.25) is 9.59 Å². The summed E-state index contributed by atoms with van der Waals surface area (Å²) in [6, 6.07) is 3.36. The molecule has 0 unspecified atom stereocenters. The normalized spacial score (nSPS) is 10.0. The molecule has 0 bridgehead atoms. The van der Waals surface area contributed by atoms with E-state index in [-0.39, 0.29) is 18.4 Å². The van der Waals surface area contributed by atoms with Crippen molar-refractivity contribution >= 4 is 17.6 Å². The lowest BCUT2D eigenvalue weighted by Crippen LogP contribution is -2.38. The van der Waals surface area contributed by atoms with E-state index in [0.717, 1.165) is 13.0 Å². The van der Waals surface area contributed by atoms with Crippen LogP contribution in [0.15, 0.2) is 18.3 Å². The third kappa shape index (κ3) is 6.22. The van der Waals surface area contributed by atoms with Crippen LogP contribution in [0.1, 0.15) is 23.7 Å². The molecule has 0 radical (unpaired) electrons. The van der Waals surface area contributed by atoms with Crippen LogP contribution in [-0.4, -0.2) is 50.1 Å². The van der Waals surface area contributed by atoms with E-state index in [2.05, 4.69) is 20.9 Å². The van der Waals surface area contributed by atoms with Gasteiger partial charge in [0, 0.05) is 26.4 Å². The largest absolute Gasteiger partial charge is 0.383 e. The van der Waals surface area contributed by atoms with Crippen LogP contribution >= 0.6 is 0 Å². The summed E-state index contributed by atoms with van der Waals surface area (Å²) >= 11 is 0. The third-order valence-corrected chi connectivity index (χ3v) is 2.63. The summed E-state index contributed by atoms with van der Waals surface area (Å²) in [5, 5.41) is 8.28. The fraction of sp³-hybridized carbons (Fsp3) is 0.500. The molecular formula is C14H22N4O3. The summed E-state index contributed by atoms with van der Waals surface area (Å²) in [5.74, 6) is -0.0624. The lowest BCUT2D eigenvalue weighted by molar-refractivity contribution is -0.120. The molecule has 0 aromatic carbocycles. The highest BCUT2D eigenvalue weighted by molar-refractivity contribution is 6.00. The number of nitrogens with zero attached hydrogens (tertiary/aromatic N) is 1. The van der Waals surface area contributed by atoms with Gasteiger partial charge in [0.25, 0.3) is 5.91 Å². The molecule has 1 aromatic heterocycles. The van der Waals surface area contributed by atoms with Gasteiger partial charge in [-0.05, 0) is 18.6 Å². The van der Waals surface area contributed by atoms with Crippen LogP contribution in [-0.2, 0) is 9.53 Å². The number of pyridine rings is 1. The minimum absolute atomic E-state index is 0.0787. The Hall–Kier alpha value is -2.15. The smallest absolute Gasteiger partial charge is 0.255 e. The molecule has 7 nitrogen and oxygen atoms in total. The Morgan fingerprint density at radius 1 is 1.29 bits per heavy atom. The maximum atomic E-state index is 12.1. The number of nitrogens with one attached hydrogen (secondary N) is 3. The molecule has 0 spiro atoms. The van der Waals surface area contributed by atoms with Crippen molar-refractivity contribution in [2.75, 3.05) is 38.7 Å². The standard InChI is InChI=1S/C14H22N4O3/c1-3-6-16-13-11(5-4-7-17-13)14(20)18-10-12(19)15-8-9-21-2/h4-5,7H,3,6,8-10H2,1-2H3,(H,15,19)(H,16,17)(H,18,20). The van der Waals surface area contributed by atoms with Crippen LogP contribution < -0.4 is 16.0 Å². The number of anilines is 1. The highest BCUT2D eigenvalue weighted by atomic mass is 16.5. The topological polar surface area (TPSA) is 92.4 Å². The number of amides is 2. The van der Waals surface area contributed by atoms with E-state index in [1.165, 1.54) is 0 Å². The van der Waals surface area contributed by atoms with E-state index in [1.807, 2.05) is 6.92 Å². The molecule has 3 N–H and O–H groups in total. The molecule has 1 heterocycles. The van der Waals surface area contributed by atoms with E-state index >= 15 is 0 Å². The SMILES string of the molecule is CCCNc1ncccc1C(=O)NCC(=O)NCCOC. The summed E-state index contributed by atoms with van der Waals surface area (Å²) in [5.41, 5.74) is 0.427. The van der Waals surface area contributed by atoms with Crippen molar-refractivity contribution in [1.82, 2.24) is 15.6 Å². The summed E-state index contributed by atoms with van der Waals surface area (Å²) in [7, 11) is 1.56. The zero-order valence-electron chi connectivity index (χ0n) is 12.4. The molecule has 0 saturated heterocycles. The molecule has 0 atom stereocenters. The predicted molar refractivity (Wildman–Crippen MR) is 80.2 cm³/mol. The molecular weight excluding hydrogens is 272 g/mol. The second-order valence-electron chi connectivity index (χ2n) is 4.35. The third-order valence-electron chi connectivity index (χ3n) is 2.63. The number of carbonyl (C=O) groups excluding carboxylic acids is 2. The Balaban J connectivity index is 2.49. The molecule has 0 aliphatic heterocycles. The van der Waals surface area contributed by atoms with E-state index in [4.69, 9.17) is 4.74 Å². The number of rotatable bonds is 9. The second kappa shape index (κ2) is 9.71. The first-order valence-corrected chi connectivity index (χ1v) is 6.91. The highest BCUT2D eigenvalue weighted by Gasteiger charge is 2.12. The number of methoxy groups -OCH3 is 1. The van der Waals surface area contributed by atoms with Crippen molar-refractivity contribution in [3.8, 4) is 0 Å². The summed E-state index contributed by atoms with van der Waals surface area (Å²) in [6.07, 6.45) is 2.55. The van der Waals surface area contributed by atoms with Gasteiger partial charge in [-0.2, -0.15) is 0 Å². The van der Waals surface area contributed by atoms with Crippen LogP contribution in [0.5, 0.6) is 0 Å². The summed E-state index contributed by atoms with van der Waals surface area (Å²) in [4.78, 5) is 27.7. The number of ether oxygens (including phenoxy) is 1. The van der Waals surface area contributed by atoms with Gasteiger partial charge in [0.15, 0.2) is 0 Å². The zero-order valence-corrected chi connectivity index (χ0v) is 12.4. The van der Waals surface area contributed by atoms with Crippen molar-refractivity contribution in [1.29, 1.82) is 0 Å². The quantitative estimate of drug-likeness (QED) is 0.573. The molecule has 0 fully saturated rings. The van der Waals surface area contributed by atoms with Gasteiger partial charge in [-0.1, -0.05) is 6.92 Å². The van der Waals surface area contributed by atoms with Gasteiger partial charge in [0.1, 0.15) is 5.82 Å². The van der Waals surface area contributed by atoms with E-state index in [0.29, 0.717) is 24.5 Å². The molecule has 7 heteroatoms. The Morgan fingerprint density at radius 2 is 2.10 bits per heavy atom. The Morgan fingerprint density at radius 3 is 2.81 bits per heavy atom. The van der Waals surface area contributed by atoms with Crippen molar-refractivity contribution < 1.29 is 14.3 Å². The molecule has 0 aliphatic carbocycles. The van der Waals surface area contributed by atoms with Gasteiger partial charge < -0.3 is 20.7 Å². The molecule has 1 rings (SSSR count). The monoisotopic (exact) mass is 294 g/mol. The van der Waals surface area contributed by atoms with E-state index in [1.54, 1.807) is 25.4 Å². The predicted octanol–water partition coefficient (Wildman–Crippen LogP) is 0.396. The van der Waals surface area contributed by atoms with Crippen LogP contribution in [0.25, 0.3) is 0 Å². The van der Waals surface area contributed by atoms with Crippen LogP contribution in [0.2, 0.25) is 0 Å². The van der Waals surface area contributed by atoms with Crippen molar-refractivity contribution in [3.05, 3.63) is 23.9 Å². The van der Waals surface area contributed by atoms with Gasteiger partial charge in [-0.15, -0.1) is 0 Å².